The van der Waals surface area contributed by atoms with Gasteiger partial charge >= 0.3 is 0 Å². The summed E-state index contributed by atoms with van der Waals surface area (Å²) in [6.07, 6.45) is 6.75. The Kier molecular flexibility index (Phi) is 2.56. The molecule has 0 bridgehead atoms. The number of aryl methyl sites for hydroxylation is 1. The minimum atomic E-state index is 0.522. The second-order valence-corrected chi connectivity index (χ2v) is 5.89. The summed E-state index contributed by atoms with van der Waals surface area (Å²) in [7, 11) is 0. The molecule has 0 saturated heterocycles. The number of nitrogens with zero attached hydrogens (tertiary/aromatic N) is 3. The molecule has 4 rings (SSSR count). The summed E-state index contributed by atoms with van der Waals surface area (Å²) in [5.41, 5.74) is 9.23. The first kappa shape index (κ1) is 11.6. The largest absolute Gasteiger partial charge is 0.390 e. The molecule has 2 N–H and O–H groups in total. The van der Waals surface area contributed by atoms with Crippen LogP contribution in [0.4, 0.5) is 5.00 Å². The number of hydrogen-bond acceptors (Lipinski definition) is 6. The van der Waals surface area contributed by atoms with Crippen LogP contribution >= 0.6 is 11.3 Å². The van der Waals surface area contributed by atoms with Crippen molar-refractivity contribution in [2.24, 2.45) is 0 Å². The predicted molar refractivity (Wildman–Crippen MR) is 77.3 cm³/mol. The highest BCUT2D eigenvalue weighted by Gasteiger charge is 2.25. The van der Waals surface area contributed by atoms with Crippen LogP contribution in [0.25, 0.3) is 22.8 Å². The molecule has 0 aromatic carbocycles. The highest BCUT2D eigenvalue weighted by molar-refractivity contribution is 7.16. The summed E-state index contributed by atoms with van der Waals surface area (Å²) in [6.45, 7) is 0. The molecule has 0 saturated carbocycles. The van der Waals surface area contributed by atoms with E-state index >= 15 is 0 Å². The van der Waals surface area contributed by atoms with Gasteiger partial charge in [-0.1, -0.05) is 5.16 Å². The first-order valence-electron chi connectivity index (χ1n) is 6.47. The van der Waals surface area contributed by atoms with E-state index in [9.17, 15) is 0 Å². The number of rotatable bonds is 2. The van der Waals surface area contributed by atoms with Crippen LogP contribution < -0.4 is 5.73 Å². The van der Waals surface area contributed by atoms with Gasteiger partial charge in [0.15, 0.2) is 0 Å². The quantitative estimate of drug-likeness (QED) is 0.782. The summed E-state index contributed by atoms with van der Waals surface area (Å²) >= 11 is 1.64. The summed E-state index contributed by atoms with van der Waals surface area (Å²) < 4.78 is 5.41. The van der Waals surface area contributed by atoms with Gasteiger partial charge in [-0.25, -0.2) is 0 Å². The third kappa shape index (κ3) is 1.72. The molecule has 0 amide bonds. The van der Waals surface area contributed by atoms with Crippen molar-refractivity contribution in [2.45, 2.75) is 19.3 Å². The number of nitrogens with two attached hydrogens (primary N) is 1. The summed E-state index contributed by atoms with van der Waals surface area (Å²) in [5, 5.41) is 4.82. The van der Waals surface area contributed by atoms with Gasteiger partial charge in [0.1, 0.15) is 0 Å². The van der Waals surface area contributed by atoms with Crippen molar-refractivity contribution >= 4 is 16.3 Å². The summed E-state index contributed by atoms with van der Waals surface area (Å²) in [5.74, 6) is 1.09. The molecule has 0 radical (unpaired) electrons. The Morgan fingerprint density at radius 2 is 2.05 bits per heavy atom. The topological polar surface area (TPSA) is 77.8 Å². The van der Waals surface area contributed by atoms with E-state index in [1.807, 2.05) is 12.1 Å². The van der Waals surface area contributed by atoms with E-state index in [-0.39, 0.29) is 0 Å². The van der Waals surface area contributed by atoms with Gasteiger partial charge in [-0.05, 0) is 37.0 Å². The molecule has 0 atom stereocenters. The molecule has 0 aliphatic heterocycles. The Hall–Kier alpha value is -2.21. The van der Waals surface area contributed by atoms with Crippen LogP contribution in [0.5, 0.6) is 0 Å². The van der Waals surface area contributed by atoms with Crippen LogP contribution in [0.2, 0.25) is 0 Å². The zero-order chi connectivity index (χ0) is 13.5. The molecule has 20 heavy (non-hydrogen) atoms. The second-order valence-electron chi connectivity index (χ2n) is 4.76. The molecule has 1 aliphatic rings. The van der Waals surface area contributed by atoms with Crippen LogP contribution in [-0.4, -0.2) is 15.1 Å². The molecule has 3 aromatic heterocycles. The van der Waals surface area contributed by atoms with Crippen molar-refractivity contribution in [2.75, 3.05) is 5.73 Å². The van der Waals surface area contributed by atoms with E-state index in [0.717, 1.165) is 29.0 Å². The fourth-order valence-corrected chi connectivity index (χ4v) is 3.76. The van der Waals surface area contributed by atoms with Crippen molar-refractivity contribution in [3.8, 4) is 22.8 Å². The van der Waals surface area contributed by atoms with Crippen LogP contribution in [-0.2, 0) is 12.8 Å². The lowest BCUT2D eigenvalue weighted by Gasteiger charge is -1.96. The zero-order valence-corrected chi connectivity index (χ0v) is 11.5. The fraction of sp³-hybridized carbons (Fsp3) is 0.214. The second kappa shape index (κ2) is 4.42. The van der Waals surface area contributed by atoms with Gasteiger partial charge < -0.3 is 10.3 Å². The van der Waals surface area contributed by atoms with E-state index < -0.39 is 0 Å². The third-order valence-corrected chi connectivity index (χ3v) is 4.65. The lowest BCUT2D eigenvalue weighted by molar-refractivity contribution is 0.432. The van der Waals surface area contributed by atoms with E-state index in [2.05, 4.69) is 15.1 Å². The van der Waals surface area contributed by atoms with Gasteiger partial charge in [0, 0.05) is 22.8 Å². The molecular weight excluding hydrogens is 272 g/mol. The molecule has 3 heterocycles. The molecule has 6 heteroatoms. The van der Waals surface area contributed by atoms with Crippen molar-refractivity contribution in [1.82, 2.24) is 15.1 Å². The maximum Gasteiger partial charge on any atom is 0.261 e. The number of pyridine rings is 1. The van der Waals surface area contributed by atoms with Crippen LogP contribution in [0.15, 0.2) is 29.0 Å². The first-order chi connectivity index (χ1) is 9.83. The van der Waals surface area contributed by atoms with E-state index in [1.54, 1.807) is 23.7 Å². The average molecular weight is 284 g/mol. The predicted octanol–water partition coefficient (Wildman–Crippen LogP) is 2.93. The molecule has 100 valence electrons. The monoisotopic (exact) mass is 284 g/mol. The van der Waals surface area contributed by atoms with E-state index in [0.29, 0.717) is 11.7 Å². The molecule has 0 spiro atoms. The van der Waals surface area contributed by atoms with Gasteiger partial charge in [0.25, 0.3) is 5.89 Å². The normalized spacial score (nSPS) is 13.6. The molecule has 3 aromatic rings. The van der Waals surface area contributed by atoms with E-state index in [1.165, 1.54) is 16.9 Å². The minimum absolute atomic E-state index is 0.522. The fourth-order valence-electron chi connectivity index (χ4n) is 2.60. The standard InChI is InChI=1S/C14H12N4OS/c15-12-11(9-2-1-3-10(9)20-12)14-17-13(18-19-14)8-4-6-16-7-5-8/h4-7H,1-3,15H2. The van der Waals surface area contributed by atoms with Crippen LogP contribution in [0.1, 0.15) is 16.9 Å². The number of hydrogen-bond donors (Lipinski definition) is 1. The summed E-state index contributed by atoms with van der Waals surface area (Å²) in [6, 6.07) is 3.71. The average Bonchev–Trinajstić information content (AvgIpc) is 3.15. The van der Waals surface area contributed by atoms with Gasteiger partial charge in [-0.15, -0.1) is 11.3 Å². The van der Waals surface area contributed by atoms with Gasteiger partial charge in [-0.3, -0.25) is 4.98 Å². The van der Waals surface area contributed by atoms with E-state index in [4.69, 9.17) is 10.3 Å². The summed E-state index contributed by atoms with van der Waals surface area (Å²) in [4.78, 5) is 9.83. The molecule has 0 fully saturated rings. The van der Waals surface area contributed by atoms with Gasteiger partial charge in [-0.2, -0.15) is 4.98 Å². The van der Waals surface area contributed by atoms with Crippen molar-refractivity contribution in [3.63, 3.8) is 0 Å². The smallest absolute Gasteiger partial charge is 0.261 e. The highest BCUT2D eigenvalue weighted by atomic mass is 32.1. The van der Waals surface area contributed by atoms with Crippen molar-refractivity contribution < 1.29 is 4.52 Å². The Morgan fingerprint density at radius 1 is 1.20 bits per heavy atom. The number of nitrogen functional groups attached to an aromatic ring is 1. The SMILES string of the molecule is Nc1sc2c(c1-c1nc(-c3ccncc3)no1)CCC2. The Labute approximate surface area is 119 Å². The third-order valence-electron chi connectivity index (χ3n) is 3.53. The van der Waals surface area contributed by atoms with Crippen LogP contribution in [0.3, 0.4) is 0 Å². The lowest BCUT2D eigenvalue weighted by atomic mass is 10.1. The lowest BCUT2D eigenvalue weighted by Crippen LogP contribution is -1.88. The highest BCUT2D eigenvalue weighted by Crippen LogP contribution is 2.43. The Bertz CT molecular complexity index is 763. The van der Waals surface area contributed by atoms with Crippen molar-refractivity contribution in [3.05, 3.63) is 35.0 Å². The van der Waals surface area contributed by atoms with Crippen molar-refractivity contribution in [1.29, 1.82) is 0 Å². The minimum Gasteiger partial charge on any atom is -0.390 e. The molecule has 5 nitrogen and oxygen atoms in total. The number of fused-ring (bicyclic) bond motifs is 1. The number of anilines is 1. The van der Waals surface area contributed by atoms with Gasteiger partial charge in [0.2, 0.25) is 5.82 Å². The Morgan fingerprint density at radius 3 is 2.90 bits per heavy atom. The number of thiophene rings is 1. The van der Waals surface area contributed by atoms with Crippen LogP contribution in [0, 0.1) is 0 Å². The maximum atomic E-state index is 6.11. The van der Waals surface area contributed by atoms with Gasteiger partial charge in [0.05, 0.1) is 10.6 Å². The zero-order valence-electron chi connectivity index (χ0n) is 10.7. The maximum absolute atomic E-state index is 6.11. The Balaban J connectivity index is 1.80. The first-order valence-corrected chi connectivity index (χ1v) is 7.29. The molecule has 0 unspecified atom stereocenters. The molecular formula is C14H12N4OS. The number of aromatic nitrogens is 3. The molecule has 1 aliphatic carbocycles.